The molecule has 0 saturated carbocycles. The van der Waals surface area contributed by atoms with Crippen LogP contribution >= 0.6 is 0 Å². The number of carbonyl (C=O) groups excluding carboxylic acids is 2. The highest BCUT2D eigenvalue weighted by Crippen LogP contribution is 2.42. The van der Waals surface area contributed by atoms with Gasteiger partial charge in [-0.05, 0) is 48.8 Å². The van der Waals surface area contributed by atoms with Crippen molar-refractivity contribution in [2.45, 2.75) is 25.3 Å². The van der Waals surface area contributed by atoms with Gasteiger partial charge in [0.1, 0.15) is 5.75 Å². The molecule has 0 aromatic heterocycles. The molecule has 2 aromatic carbocycles. The largest absolute Gasteiger partial charge is 0.497 e. The Kier molecular flexibility index (Phi) is 7.85. The highest BCUT2D eigenvalue weighted by molar-refractivity contribution is 6.01. The number of fused-ring (bicyclic) bond motifs is 1. The standard InChI is InChI=1S/C27H36N4O3/c1-4-30-16-18-31(19-17-30)15-7-14-28-26(32)24-22-8-5-6-9-23(22)27(33)29(2)25(24)20-10-12-21(34-3)13-11-20/h5-6,8-13,24-25H,4,7,14-19H2,1-3H3,(H,28,32)/t24-,25+/m0/s1. The summed E-state index contributed by atoms with van der Waals surface area (Å²) in [5.41, 5.74) is 2.31. The van der Waals surface area contributed by atoms with E-state index in [1.54, 1.807) is 19.1 Å². The Morgan fingerprint density at radius 3 is 2.38 bits per heavy atom. The molecule has 2 aliphatic rings. The van der Waals surface area contributed by atoms with Gasteiger partial charge in [-0.1, -0.05) is 37.3 Å². The summed E-state index contributed by atoms with van der Waals surface area (Å²) in [7, 11) is 3.41. The number of nitrogens with one attached hydrogen (secondary N) is 1. The van der Waals surface area contributed by atoms with Gasteiger partial charge < -0.3 is 24.8 Å². The van der Waals surface area contributed by atoms with Crippen LogP contribution in [0.15, 0.2) is 48.5 Å². The van der Waals surface area contributed by atoms with Crippen LogP contribution in [0.1, 0.15) is 46.8 Å². The molecule has 2 atom stereocenters. The zero-order valence-electron chi connectivity index (χ0n) is 20.5. The number of ether oxygens (including phenoxy) is 1. The fourth-order valence-electron chi connectivity index (χ4n) is 5.13. The Morgan fingerprint density at radius 2 is 1.71 bits per heavy atom. The number of hydrogen-bond donors (Lipinski definition) is 1. The summed E-state index contributed by atoms with van der Waals surface area (Å²) < 4.78 is 5.30. The number of benzene rings is 2. The van der Waals surface area contributed by atoms with Crippen molar-refractivity contribution >= 4 is 11.8 Å². The molecule has 0 aliphatic carbocycles. The molecule has 7 heteroatoms. The van der Waals surface area contributed by atoms with Crippen LogP contribution in [-0.2, 0) is 4.79 Å². The molecule has 0 bridgehead atoms. The number of carbonyl (C=O) groups is 2. The van der Waals surface area contributed by atoms with Crippen molar-refractivity contribution in [1.29, 1.82) is 0 Å². The van der Waals surface area contributed by atoms with E-state index in [0.29, 0.717) is 12.1 Å². The zero-order chi connectivity index (χ0) is 24.1. The van der Waals surface area contributed by atoms with Gasteiger partial charge in [0, 0.05) is 45.3 Å². The molecule has 34 heavy (non-hydrogen) atoms. The van der Waals surface area contributed by atoms with Crippen LogP contribution < -0.4 is 10.1 Å². The molecule has 2 heterocycles. The Labute approximate surface area is 202 Å². The van der Waals surface area contributed by atoms with Crippen molar-refractivity contribution in [3.8, 4) is 5.75 Å². The molecular formula is C27H36N4O3. The molecular weight excluding hydrogens is 428 g/mol. The van der Waals surface area contributed by atoms with Gasteiger partial charge in [0.2, 0.25) is 5.91 Å². The lowest BCUT2D eigenvalue weighted by atomic mass is 9.79. The molecule has 1 saturated heterocycles. The summed E-state index contributed by atoms with van der Waals surface area (Å²) in [6.45, 7) is 9.33. The van der Waals surface area contributed by atoms with Gasteiger partial charge in [-0.3, -0.25) is 9.59 Å². The average molecular weight is 465 g/mol. The lowest BCUT2D eigenvalue weighted by Gasteiger charge is -2.40. The van der Waals surface area contributed by atoms with Crippen LogP contribution in [0.25, 0.3) is 0 Å². The van der Waals surface area contributed by atoms with Crippen molar-refractivity contribution in [1.82, 2.24) is 20.0 Å². The van der Waals surface area contributed by atoms with E-state index in [-0.39, 0.29) is 17.9 Å². The van der Waals surface area contributed by atoms with Crippen LogP contribution in [0, 0.1) is 0 Å². The lowest BCUT2D eigenvalue weighted by Crippen LogP contribution is -2.47. The number of amides is 2. The van der Waals surface area contributed by atoms with Crippen LogP contribution in [0.3, 0.4) is 0 Å². The van der Waals surface area contributed by atoms with Gasteiger partial charge in [0.15, 0.2) is 0 Å². The number of likely N-dealkylation sites (N-methyl/N-ethyl adjacent to an activating group) is 2. The molecule has 0 unspecified atom stereocenters. The van der Waals surface area contributed by atoms with E-state index < -0.39 is 5.92 Å². The molecule has 2 aromatic rings. The number of nitrogens with zero attached hydrogens (tertiary/aromatic N) is 3. The van der Waals surface area contributed by atoms with Crippen LogP contribution in [0.4, 0.5) is 0 Å². The highest BCUT2D eigenvalue weighted by Gasteiger charge is 2.42. The topological polar surface area (TPSA) is 65.1 Å². The Morgan fingerprint density at radius 1 is 1.03 bits per heavy atom. The minimum Gasteiger partial charge on any atom is -0.497 e. The van der Waals surface area contributed by atoms with Gasteiger partial charge in [0.05, 0.1) is 19.1 Å². The number of methoxy groups -OCH3 is 1. The summed E-state index contributed by atoms with van der Waals surface area (Å²) in [4.78, 5) is 33.3. The number of piperazine rings is 1. The molecule has 0 radical (unpaired) electrons. The summed E-state index contributed by atoms with van der Waals surface area (Å²) in [6.07, 6.45) is 0.911. The van der Waals surface area contributed by atoms with Gasteiger partial charge >= 0.3 is 0 Å². The fraction of sp³-hybridized carbons (Fsp3) is 0.481. The van der Waals surface area contributed by atoms with Gasteiger partial charge in [-0.25, -0.2) is 0 Å². The zero-order valence-corrected chi connectivity index (χ0v) is 20.5. The quantitative estimate of drug-likeness (QED) is 0.609. The minimum atomic E-state index is -0.472. The smallest absolute Gasteiger partial charge is 0.254 e. The molecule has 0 spiro atoms. The lowest BCUT2D eigenvalue weighted by molar-refractivity contribution is -0.124. The molecule has 4 rings (SSSR count). The minimum absolute atomic E-state index is 0.0385. The van der Waals surface area contributed by atoms with Gasteiger partial charge in [-0.15, -0.1) is 0 Å². The average Bonchev–Trinajstić information content (AvgIpc) is 2.89. The second-order valence-electron chi connectivity index (χ2n) is 9.12. The van der Waals surface area contributed by atoms with E-state index >= 15 is 0 Å². The maximum absolute atomic E-state index is 13.6. The van der Waals surface area contributed by atoms with E-state index in [4.69, 9.17) is 4.74 Å². The van der Waals surface area contributed by atoms with Gasteiger partial charge in [-0.2, -0.15) is 0 Å². The van der Waals surface area contributed by atoms with Crippen LogP contribution in [0.5, 0.6) is 5.75 Å². The molecule has 2 amide bonds. The van der Waals surface area contributed by atoms with Gasteiger partial charge in [0.25, 0.3) is 5.91 Å². The third-order valence-electron chi connectivity index (χ3n) is 7.18. The number of hydrogen-bond acceptors (Lipinski definition) is 5. The maximum Gasteiger partial charge on any atom is 0.254 e. The van der Waals surface area contributed by atoms with Crippen LogP contribution in [-0.4, -0.2) is 86.5 Å². The normalized spacial score (nSPS) is 21.3. The molecule has 1 N–H and O–H groups in total. The number of rotatable bonds is 8. The van der Waals surface area contributed by atoms with Crippen molar-refractivity contribution in [3.05, 3.63) is 65.2 Å². The highest BCUT2D eigenvalue weighted by atomic mass is 16.5. The second-order valence-corrected chi connectivity index (χ2v) is 9.12. The maximum atomic E-state index is 13.6. The van der Waals surface area contributed by atoms with E-state index in [2.05, 4.69) is 22.0 Å². The van der Waals surface area contributed by atoms with Crippen molar-refractivity contribution in [2.24, 2.45) is 0 Å². The first-order valence-electron chi connectivity index (χ1n) is 12.3. The first-order chi connectivity index (χ1) is 16.5. The fourth-order valence-corrected chi connectivity index (χ4v) is 5.13. The Bertz CT molecular complexity index is 986. The molecule has 7 nitrogen and oxygen atoms in total. The monoisotopic (exact) mass is 464 g/mol. The van der Waals surface area contributed by atoms with E-state index in [1.165, 1.54) is 0 Å². The van der Waals surface area contributed by atoms with Crippen molar-refractivity contribution in [2.75, 3.05) is 60.0 Å². The molecule has 182 valence electrons. The SMILES string of the molecule is CCN1CCN(CCCNC(=O)[C@H]2c3ccccc3C(=O)N(C)[C@@H]2c2ccc(OC)cc2)CC1. The van der Waals surface area contributed by atoms with E-state index in [9.17, 15) is 9.59 Å². The van der Waals surface area contributed by atoms with Crippen LogP contribution in [0.2, 0.25) is 0 Å². The third kappa shape index (κ3) is 5.10. The predicted octanol–water partition coefficient (Wildman–Crippen LogP) is 2.75. The van der Waals surface area contributed by atoms with E-state index in [0.717, 1.165) is 62.6 Å². The first kappa shape index (κ1) is 24.2. The Balaban J connectivity index is 1.47. The summed E-state index contributed by atoms with van der Waals surface area (Å²) >= 11 is 0. The summed E-state index contributed by atoms with van der Waals surface area (Å²) in [6, 6.07) is 14.7. The van der Waals surface area contributed by atoms with Crippen molar-refractivity contribution in [3.63, 3.8) is 0 Å². The molecule has 2 aliphatic heterocycles. The molecule has 1 fully saturated rings. The van der Waals surface area contributed by atoms with Crippen molar-refractivity contribution < 1.29 is 14.3 Å². The van der Waals surface area contributed by atoms with E-state index in [1.807, 2.05) is 48.5 Å². The Hall–Kier alpha value is -2.90. The second kappa shape index (κ2) is 11.0. The predicted molar refractivity (Wildman–Crippen MR) is 133 cm³/mol. The summed E-state index contributed by atoms with van der Waals surface area (Å²) in [5, 5.41) is 3.17. The first-order valence-corrected chi connectivity index (χ1v) is 12.3. The third-order valence-corrected chi connectivity index (χ3v) is 7.18. The summed E-state index contributed by atoms with van der Waals surface area (Å²) in [5.74, 6) is 0.171.